The van der Waals surface area contributed by atoms with Crippen molar-refractivity contribution in [3.05, 3.63) is 29.3 Å². The van der Waals surface area contributed by atoms with Gasteiger partial charge in [-0.05, 0) is 44.7 Å². The van der Waals surface area contributed by atoms with E-state index in [0.29, 0.717) is 12.1 Å². The van der Waals surface area contributed by atoms with Crippen molar-refractivity contribution in [1.82, 2.24) is 0 Å². The highest BCUT2D eigenvalue weighted by atomic mass is 16.5. The Balaban J connectivity index is 1.96. The highest BCUT2D eigenvalue weighted by molar-refractivity contribution is 5.52. The van der Waals surface area contributed by atoms with Crippen LogP contribution in [0.2, 0.25) is 0 Å². The van der Waals surface area contributed by atoms with Crippen molar-refractivity contribution in [1.29, 1.82) is 0 Å². The van der Waals surface area contributed by atoms with E-state index in [2.05, 4.69) is 44.3 Å². The molecule has 0 radical (unpaired) electrons. The molecule has 2 heteroatoms. The van der Waals surface area contributed by atoms with Crippen LogP contribution in [-0.2, 0) is 4.74 Å². The van der Waals surface area contributed by atoms with Crippen molar-refractivity contribution in [2.45, 2.75) is 58.6 Å². The fraction of sp³-hybridized carbons (Fsp3) is 0.625. The molecule has 1 aliphatic rings. The lowest BCUT2D eigenvalue weighted by Crippen LogP contribution is -2.34. The Labute approximate surface area is 111 Å². The first kappa shape index (κ1) is 13.4. The summed E-state index contributed by atoms with van der Waals surface area (Å²) in [4.78, 5) is 0. The molecule has 1 saturated heterocycles. The number of hydrogen-bond donors (Lipinski definition) is 1. The Morgan fingerprint density at radius 3 is 2.89 bits per heavy atom. The largest absolute Gasteiger partial charge is 0.382 e. The summed E-state index contributed by atoms with van der Waals surface area (Å²) in [5.41, 5.74) is 3.95. The third-order valence-corrected chi connectivity index (χ3v) is 3.72. The zero-order chi connectivity index (χ0) is 13.0. The first-order valence-corrected chi connectivity index (χ1v) is 7.14. The van der Waals surface area contributed by atoms with Crippen molar-refractivity contribution in [2.75, 3.05) is 11.9 Å². The van der Waals surface area contributed by atoms with Gasteiger partial charge >= 0.3 is 0 Å². The molecule has 0 spiro atoms. The average Bonchev–Trinajstić information content (AvgIpc) is 2.34. The molecule has 1 aliphatic heterocycles. The second-order valence-electron chi connectivity index (χ2n) is 5.47. The summed E-state index contributed by atoms with van der Waals surface area (Å²) in [5, 5.41) is 3.68. The van der Waals surface area contributed by atoms with Gasteiger partial charge in [0.25, 0.3) is 0 Å². The van der Waals surface area contributed by atoms with Gasteiger partial charge in [-0.3, -0.25) is 0 Å². The van der Waals surface area contributed by atoms with Crippen LogP contribution in [0.3, 0.4) is 0 Å². The minimum absolute atomic E-state index is 0.451. The number of nitrogens with one attached hydrogen (secondary N) is 1. The lowest BCUT2D eigenvalue weighted by Gasteiger charge is -2.31. The van der Waals surface area contributed by atoms with Gasteiger partial charge in [-0.2, -0.15) is 0 Å². The van der Waals surface area contributed by atoms with Crippen LogP contribution in [0.25, 0.3) is 0 Å². The van der Waals surface area contributed by atoms with Gasteiger partial charge < -0.3 is 10.1 Å². The second kappa shape index (κ2) is 6.24. The quantitative estimate of drug-likeness (QED) is 0.866. The topological polar surface area (TPSA) is 21.3 Å². The summed E-state index contributed by atoms with van der Waals surface area (Å²) in [7, 11) is 0. The molecule has 2 atom stereocenters. The number of rotatable bonds is 4. The molecule has 1 aromatic rings. The van der Waals surface area contributed by atoms with E-state index >= 15 is 0 Å². The van der Waals surface area contributed by atoms with Crippen molar-refractivity contribution >= 4 is 5.69 Å². The van der Waals surface area contributed by atoms with Crippen molar-refractivity contribution in [2.24, 2.45) is 0 Å². The van der Waals surface area contributed by atoms with E-state index in [9.17, 15) is 0 Å². The maximum atomic E-state index is 5.80. The van der Waals surface area contributed by atoms with Gasteiger partial charge in [0.05, 0.1) is 6.10 Å². The Morgan fingerprint density at radius 1 is 1.33 bits per heavy atom. The van der Waals surface area contributed by atoms with Gasteiger partial charge in [-0.1, -0.05) is 31.0 Å². The Morgan fingerprint density at radius 2 is 2.17 bits per heavy atom. The molecule has 2 rings (SSSR count). The van der Waals surface area contributed by atoms with Crippen LogP contribution >= 0.6 is 0 Å². The standard InChI is InChI=1S/C16H25NO/c1-4-5-15-11-14(8-9-18-15)17-16-7-6-12(2)10-13(16)3/h6-7,10,14-15,17H,4-5,8-9,11H2,1-3H3. The van der Waals surface area contributed by atoms with Crippen LogP contribution in [0, 0.1) is 13.8 Å². The molecule has 1 heterocycles. The normalized spacial score (nSPS) is 23.9. The third kappa shape index (κ3) is 3.49. The average molecular weight is 247 g/mol. The maximum Gasteiger partial charge on any atom is 0.0594 e. The van der Waals surface area contributed by atoms with E-state index in [-0.39, 0.29) is 0 Å². The number of hydrogen-bond acceptors (Lipinski definition) is 2. The van der Waals surface area contributed by atoms with Gasteiger partial charge in [-0.15, -0.1) is 0 Å². The first-order chi connectivity index (χ1) is 8.69. The zero-order valence-electron chi connectivity index (χ0n) is 11.8. The molecule has 0 aliphatic carbocycles. The maximum absolute atomic E-state index is 5.80. The van der Waals surface area contributed by atoms with E-state index < -0.39 is 0 Å². The monoisotopic (exact) mass is 247 g/mol. The Bertz CT molecular complexity index is 387. The van der Waals surface area contributed by atoms with Crippen molar-refractivity contribution in [3.63, 3.8) is 0 Å². The van der Waals surface area contributed by atoms with Gasteiger partial charge in [0.2, 0.25) is 0 Å². The van der Waals surface area contributed by atoms with Crippen LogP contribution in [0.15, 0.2) is 18.2 Å². The van der Waals surface area contributed by atoms with E-state index in [4.69, 9.17) is 4.74 Å². The fourth-order valence-electron chi connectivity index (χ4n) is 2.73. The number of anilines is 1. The van der Waals surface area contributed by atoms with Crippen LogP contribution in [0.5, 0.6) is 0 Å². The van der Waals surface area contributed by atoms with Gasteiger partial charge in [-0.25, -0.2) is 0 Å². The van der Waals surface area contributed by atoms with E-state index in [0.717, 1.165) is 19.4 Å². The summed E-state index contributed by atoms with van der Waals surface area (Å²) >= 11 is 0. The fourth-order valence-corrected chi connectivity index (χ4v) is 2.73. The summed E-state index contributed by atoms with van der Waals surface area (Å²) in [5.74, 6) is 0. The lowest BCUT2D eigenvalue weighted by atomic mass is 9.99. The molecule has 1 fully saturated rings. The Kier molecular flexibility index (Phi) is 4.65. The van der Waals surface area contributed by atoms with Gasteiger partial charge in [0, 0.05) is 18.3 Å². The highest BCUT2D eigenvalue weighted by Gasteiger charge is 2.21. The van der Waals surface area contributed by atoms with E-state index in [1.165, 1.54) is 29.7 Å². The summed E-state index contributed by atoms with van der Waals surface area (Å²) in [6.45, 7) is 7.44. The Hall–Kier alpha value is -1.02. The second-order valence-corrected chi connectivity index (χ2v) is 5.47. The zero-order valence-corrected chi connectivity index (χ0v) is 11.8. The van der Waals surface area contributed by atoms with Crippen LogP contribution < -0.4 is 5.32 Å². The molecule has 0 bridgehead atoms. The van der Waals surface area contributed by atoms with Gasteiger partial charge in [0.15, 0.2) is 0 Å². The van der Waals surface area contributed by atoms with E-state index in [1.54, 1.807) is 0 Å². The molecule has 100 valence electrons. The molecule has 2 unspecified atom stereocenters. The predicted octanol–water partition coefficient (Wildman–Crippen LogP) is 4.06. The summed E-state index contributed by atoms with van der Waals surface area (Å²) in [6.07, 6.45) is 5.10. The molecular formula is C16H25NO. The smallest absolute Gasteiger partial charge is 0.0594 e. The molecular weight excluding hydrogens is 222 g/mol. The molecule has 1 aromatic carbocycles. The molecule has 1 N–H and O–H groups in total. The number of benzene rings is 1. The molecule has 0 saturated carbocycles. The number of aryl methyl sites for hydroxylation is 2. The minimum atomic E-state index is 0.451. The van der Waals surface area contributed by atoms with E-state index in [1.807, 2.05) is 0 Å². The van der Waals surface area contributed by atoms with Crippen LogP contribution in [0.1, 0.15) is 43.7 Å². The molecule has 0 aromatic heterocycles. The highest BCUT2D eigenvalue weighted by Crippen LogP contribution is 2.23. The van der Waals surface area contributed by atoms with Gasteiger partial charge in [0.1, 0.15) is 0 Å². The van der Waals surface area contributed by atoms with Crippen molar-refractivity contribution < 1.29 is 4.74 Å². The summed E-state index contributed by atoms with van der Waals surface area (Å²) in [6, 6.07) is 7.19. The molecule has 18 heavy (non-hydrogen) atoms. The number of ether oxygens (including phenoxy) is 1. The molecule has 0 amide bonds. The first-order valence-electron chi connectivity index (χ1n) is 7.14. The minimum Gasteiger partial charge on any atom is -0.382 e. The predicted molar refractivity (Wildman–Crippen MR) is 77.2 cm³/mol. The van der Waals surface area contributed by atoms with Crippen LogP contribution in [0.4, 0.5) is 5.69 Å². The summed E-state index contributed by atoms with van der Waals surface area (Å²) < 4.78 is 5.80. The van der Waals surface area contributed by atoms with Crippen LogP contribution in [-0.4, -0.2) is 18.8 Å². The van der Waals surface area contributed by atoms with Crippen molar-refractivity contribution in [3.8, 4) is 0 Å². The third-order valence-electron chi connectivity index (χ3n) is 3.72. The lowest BCUT2D eigenvalue weighted by molar-refractivity contribution is 0.00597. The SMILES string of the molecule is CCCC1CC(Nc2ccc(C)cc2C)CCO1. The molecule has 2 nitrogen and oxygen atoms in total.